The average molecular weight is 315 g/mol. The molecule has 1 amide bonds. The summed E-state index contributed by atoms with van der Waals surface area (Å²) in [6.07, 6.45) is 1.24. The normalized spacial score (nSPS) is 10.5. The van der Waals surface area contributed by atoms with Gasteiger partial charge in [0.2, 0.25) is 0 Å². The van der Waals surface area contributed by atoms with Gasteiger partial charge in [-0.1, -0.05) is 12.1 Å². The number of hydrogen-bond donors (Lipinski definition) is 2. The summed E-state index contributed by atoms with van der Waals surface area (Å²) in [5.41, 5.74) is 2.53. The van der Waals surface area contributed by atoms with Crippen molar-refractivity contribution in [2.24, 2.45) is 5.10 Å². The van der Waals surface area contributed by atoms with Crippen LogP contribution in [0, 0.1) is 10.1 Å². The van der Waals surface area contributed by atoms with Crippen LogP contribution >= 0.6 is 0 Å². The predicted octanol–water partition coefficient (Wildman–Crippen LogP) is 2.07. The van der Waals surface area contributed by atoms with Gasteiger partial charge in [0.15, 0.2) is 5.75 Å². The van der Waals surface area contributed by atoms with E-state index in [0.29, 0.717) is 16.9 Å². The Kier molecular flexibility index (Phi) is 4.88. The van der Waals surface area contributed by atoms with E-state index in [1.54, 1.807) is 24.3 Å². The van der Waals surface area contributed by atoms with Gasteiger partial charge in [0.05, 0.1) is 23.8 Å². The number of benzene rings is 2. The molecule has 0 spiro atoms. The van der Waals surface area contributed by atoms with Gasteiger partial charge < -0.3 is 9.84 Å². The van der Waals surface area contributed by atoms with Crippen LogP contribution in [0.15, 0.2) is 47.6 Å². The molecule has 0 aliphatic carbocycles. The number of nitro benzene ring substituents is 1. The maximum absolute atomic E-state index is 12.0. The molecule has 8 heteroatoms. The summed E-state index contributed by atoms with van der Waals surface area (Å²) in [6.45, 7) is 0. The van der Waals surface area contributed by atoms with E-state index in [0.717, 1.165) is 6.07 Å². The van der Waals surface area contributed by atoms with Gasteiger partial charge in [-0.15, -0.1) is 0 Å². The zero-order valence-corrected chi connectivity index (χ0v) is 12.1. The third-order valence-corrected chi connectivity index (χ3v) is 2.93. The Morgan fingerprint density at radius 2 is 2.09 bits per heavy atom. The summed E-state index contributed by atoms with van der Waals surface area (Å²) < 4.78 is 5.07. The molecule has 23 heavy (non-hydrogen) atoms. The van der Waals surface area contributed by atoms with E-state index in [2.05, 4.69) is 10.5 Å². The number of nitrogens with one attached hydrogen (secondary N) is 1. The van der Waals surface area contributed by atoms with Gasteiger partial charge in [-0.05, 0) is 24.3 Å². The lowest BCUT2D eigenvalue weighted by molar-refractivity contribution is -0.385. The third kappa shape index (κ3) is 3.82. The maximum Gasteiger partial charge on any atom is 0.311 e. The van der Waals surface area contributed by atoms with Crippen molar-refractivity contribution in [2.45, 2.75) is 0 Å². The quantitative estimate of drug-likeness (QED) is 0.498. The molecule has 0 aromatic heterocycles. The van der Waals surface area contributed by atoms with Gasteiger partial charge in [0.1, 0.15) is 5.75 Å². The first-order chi connectivity index (χ1) is 11.0. The largest absolute Gasteiger partial charge is 0.502 e. The summed E-state index contributed by atoms with van der Waals surface area (Å²) in [6, 6.07) is 10.4. The highest BCUT2D eigenvalue weighted by Gasteiger charge is 2.13. The number of phenolic OH excluding ortho intramolecular Hbond substituents is 1. The first kappa shape index (κ1) is 16.0. The number of aromatic hydroxyl groups is 1. The van der Waals surface area contributed by atoms with Crippen LogP contribution in [0.3, 0.4) is 0 Å². The highest BCUT2D eigenvalue weighted by atomic mass is 16.6. The minimum atomic E-state index is -0.708. The van der Waals surface area contributed by atoms with Gasteiger partial charge in [-0.3, -0.25) is 14.9 Å². The second kappa shape index (κ2) is 7.03. The van der Waals surface area contributed by atoms with Crippen molar-refractivity contribution in [1.29, 1.82) is 0 Å². The molecule has 0 aliphatic rings. The van der Waals surface area contributed by atoms with Crippen LogP contribution in [0.5, 0.6) is 11.5 Å². The summed E-state index contributed by atoms with van der Waals surface area (Å²) >= 11 is 0. The highest BCUT2D eigenvalue weighted by molar-refractivity contribution is 5.97. The Morgan fingerprint density at radius 1 is 1.35 bits per heavy atom. The first-order valence-electron chi connectivity index (χ1n) is 6.46. The lowest BCUT2D eigenvalue weighted by Gasteiger charge is -2.05. The van der Waals surface area contributed by atoms with Crippen molar-refractivity contribution < 1.29 is 19.6 Å². The lowest BCUT2D eigenvalue weighted by Crippen LogP contribution is -2.18. The number of para-hydroxylation sites is 1. The van der Waals surface area contributed by atoms with Crippen molar-refractivity contribution in [3.63, 3.8) is 0 Å². The van der Waals surface area contributed by atoms with E-state index in [4.69, 9.17) is 4.74 Å². The fourth-order valence-electron chi connectivity index (χ4n) is 1.82. The molecule has 2 aromatic rings. The zero-order valence-electron chi connectivity index (χ0n) is 12.1. The number of nitro groups is 1. The molecule has 0 saturated carbocycles. The Morgan fingerprint density at radius 3 is 2.78 bits per heavy atom. The van der Waals surface area contributed by atoms with Crippen LogP contribution in [0.4, 0.5) is 5.69 Å². The van der Waals surface area contributed by atoms with Crippen molar-refractivity contribution in [1.82, 2.24) is 5.43 Å². The van der Waals surface area contributed by atoms with E-state index in [9.17, 15) is 20.0 Å². The number of amides is 1. The molecule has 0 saturated heterocycles. The van der Waals surface area contributed by atoms with E-state index in [1.165, 1.54) is 25.5 Å². The number of carbonyl (C=O) groups is 1. The van der Waals surface area contributed by atoms with E-state index >= 15 is 0 Å². The number of ether oxygens (including phenoxy) is 1. The molecule has 0 heterocycles. The Labute approximate surface area is 131 Å². The summed E-state index contributed by atoms with van der Waals surface area (Å²) in [5.74, 6) is -0.516. The molecule has 0 bridgehead atoms. The fraction of sp³-hybridized carbons (Fsp3) is 0.0667. The molecule has 0 unspecified atom stereocenters. The molecule has 8 nitrogen and oxygen atoms in total. The molecule has 2 N–H and O–H groups in total. The van der Waals surface area contributed by atoms with Gasteiger partial charge in [-0.2, -0.15) is 5.10 Å². The molecular weight excluding hydrogens is 302 g/mol. The van der Waals surface area contributed by atoms with E-state index in [1.807, 2.05) is 0 Å². The van der Waals surface area contributed by atoms with E-state index < -0.39 is 22.3 Å². The minimum Gasteiger partial charge on any atom is -0.502 e. The van der Waals surface area contributed by atoms with Crippen LogP contribution in [0.1, 0.15) is 15.9 Å². The molecule has 2 aromatic carbocycles. The first-order valence-corrected chi connectivity index (χ1v) is 6.46. The highest BCUT2D eigenvalue weighted by Crippen LogP contribution is 2.25. The third-order valence-electron chi connectivity index (χ3n) is 2.93. The lowest BCUT2D eigenvalue weighted by atomic mass is 10.2. The van der Waals surface area contributed by atoms with Gasteiger partial charge in [0.25, 0.3) is 5.91 Å². The van der Waals surface area contributed by atoms with Gasteiger partial charge >= 0.3 is 5.69 Å². The minimum absolute atomic E-state index is 0.309. The smallest absolute Gasteiger partial charge is 0.311 e. The van der Waals surface area contributed by atoms with Crippen molar-refractivity contribution >= 4 is 17.8 Å². The number of methoxy groups -OCH3 is 1. The summed E-state index contributed by atoms with van der Waals surface area (Å²) in [4.78, 5) is 22.0. The van der Waals surface area contributed by atoms with Crippen molar-refractivity contribution in [3.05, 3.63) is 63.7 Å². The Hall–Kier alpha value is -3.42. The standard InChI is InChI=1S/C15H13N3O5/c1-23-14-5-3-2-4-11(14)15(20)17-16-9-10-6-7-13(19)12(8-10)18(21)22/h2-9,19H,1H3,(H,17,20)/b16-9+. The van der Waals surface area contributed by atoms with E-state index in [-0.39, 0.29) is 0 Å². The number of hydrogen-bond acceptors (Lipinski definition) is 6. The van der Waals surface area contributed by atoms with Crippen molar-refractivity contribution in [3.8, 4) is 11.5 Å². The van der Waals surface area contributed by atoms with Gasteiger partial charge in [0, 0.05) is 11.6 Å². The molecular formula is C15H13N3O5. The van der Waals surface area contributed by atoms with Crippen molar-refractivity contribution in [2.75, 3.05) is 7.11 Å². The predicted molar refractivity (Wildman–Crippen MR) is 82.8 cm³/mol. The average Bonchev–Trinajstić information content (AvgIpc) is 2.55. The van der Waals surface area contributed by atoms with Crippen LogP contribution in [0.2, 0.25) is 0 Å². The number of rotatable bonds is 5. The summed E-state index contributed by atoms with van der Waals surface area (Å²) in [7, 11) is 1.45. The van der Waals surface area contributed by atoms with Crippen LogP contribution in [-0.4, -0.2) is 29.3 Å². The topological polar surface area (TPSA) is 114 Å². The molecule has 0 atom stereocenters. The molecule has 2 rings (SSSR count). The van der Waals surface area contributed by atoms with Crippen LogP contribution in [0.25, 0.3) is 0 Å². The summed E-state index contributed by atoms with van der Waals surface area (Å²) in [5, 5.41) is 23.8. The SMILES string of the molecule is COc1ccccc1C(=O)N/N=C/c1ccc(O)c([N+](=O)[O-])c1. The second-order valence-corrected chi connectivity index (χ2v) is 4.40. The Balaban J connectivity index is 2.11. The van der Waals surface area contributed by atoms with Crippen LogP contribution in [-0.2, 0) is 0 Å². The molecule has 0 aliphatic heterocycles. The second-order valence-electron chi connectivity index (χ2n) is 4.40. The molecule has 118 valence electrons. The maximum atomic E-state index is 12.0. The number of phenols is 1. The van der Waals surface area contributed by atoms with Gasteiger partial charge in [-0.25, -0.2) is 5.43 Å². The Bertz CT molecular complexity index is 773. The monoisotopic (exact) mass is 315 g/mol. The fourth-order valence-corrected chi connectivity index (χ4v) is 1.82. The number of carbonyl (C=O) groups excluding carboxylic acids is 1. The zero-order chi connectivity index (χ0) is 16.8. The molecule has 0 radical (unpaired) electrons. The molecule has 0 fully saturated rings. The van der Waals surface area contributed by atoms with Crippen LogP contribution < -0.4 is 10.2 Å². The number of nitrogens with zero attached hydrogens (tertiary/aromatic N) is 2. The number of hydrazone groups is 1.